The van der Waals surface area contributed by atoms with Gasteiger partial charge in [-0.25, -0.2) is 0 Å². The number of carbonyl (C=O) groups excluding carboxylic acids is 1. The number of nitrogens with zero attached hydrogens (tertiary/aromatic N) is 1. The van der Waals surface area contributed by atoms with Gasteiger partial charge in [-0.2, -0.15) is 0 Å². The molecule has 1 aliphatic heterocycles. The summed E-state index contributed by atoms with van der Waals surface area (Å²) in [5, 5.41) is 0.898. The zero-order chi connectivity index (χ0) is 9.52. The molecular weight excluding hydrogens is 170 g/mol. The van der Waals surface area contributed by atoms with Crippen LogP contribution in [-0.4, -0.2) is 23.1 Å². The third-order valence-electron chi connectivity index (χ3n) is 1.97. The highest BCUT2D eigenvalue weighted by atomic mass is 32.2. The first-order chi connectivity index (χ1) is 5.34. The molecule has 1 rings (SSSR count). The molecule has 0 aromatic carbocycles. The Morgan fingerprint density at radius 3 is 2.17 bits per heavy atom. The van der Waals surface area contributed by atoms with Crippen LogP contribution in [0.15, 0.2) is 11.6 Å². The van der Waals surface area contributed by atoms with Crippen LogP contribution in [0, 0.1) is 5.41 Å². The van der Waals surface area contributed by atoms with Gasteiger partial charge in [-0.1, -0.05) is 39.1 Å². The highest BCUT2D eigenvalue weighted by Crippen LogP contribution is 2.41. The van der Waals surface area contributed by atoms with E-state index in [1.807, 2.05) is 0 Å². The van der Waals surface area contributed by atoms with Crippen molar-refractivity contribution in [2.45, 2.75) is 26.0 Å². The maximum absolute atomic E-state index is 11.6. The quantitative estimate of drug-likeness (QED) is 0.576. The van der Waals surface area contributed by atoms with Crippen molar-refractivity contribution in [3.05, 3.63) is 11.6 Å². The van der Waals surface area contributed by atoms with Crippen molar-refractivity contribution in [1.82, 2.24) is 4.90 Å². The van der Waals surface area contributed by atoms with E-state index >= 15 is 0 Å². The molecular formula is C9H15NOS. The van der Waals surface area contributed by atoms with Crippen LogP contribution in [0.4, 0.5) is 0 Å². The Kier molecular flexibility index (Phi) is 2.25. The second-order valence-corrected chi connectivity index (χ2v) is 5.33. The predicted molar refractivity (Wildman–Crippen MR) is 52.7 cm³/mol. The number of hydrogen-bond acceptors (Lipinski definition) is 2. The summed E-state index contributed by atoms with van der Waals surface area (Å²) in [7, 11) is 1.78. The molecule has 0 aliphatic carbocycles. The molecule has 1 amide bonds. The lowest BCUT2D eigenvalue weighted by Crippen LogP contribution is -2.33. The fraction of sp³-hybridized carbons (Fsp3) is 0.667. The lowest BCUT2D eigenvalue weighted by Gasteiger charge is -2.23. The largest absolute Gasteiger partial charge is 0.309 e. The zero-order valence-corrected chi connectivity index (χ0v) is 8.86. The lowest BCUT2D eigenvalue weighted by molar-refractivity contribution is -0.127. The van der Waals surface area contributed by atoms with E-state index in [0.717, 1.165) is 5.03 Å². The maximum Gasteiger partial charge on any atom is 0.241 e. The van der Waals surface area contributed by atoms with Gasteiger partial charge in [0.1, 0.15) is 0 Å². The van der Waals surface area contributed by atoms with Crippen LogP contribution in [0.5, 0.6) is 0 Å². The average molecular weight is 185 g/mol. The average Bonchev–Trinajstić information content (AvgIpc) is 2.15. The first kappa shape index (κ1) is 9.65. The van der Waals surface area contributed by atoms with Crippen LogP contribution in [0.1, 0.15) is 20.8 Å². The summed E-state index contributed by atoms with van der Waals surface area (Å²) in [5.41, 5.74) is 0.0233. The molecule has 1 heterocycles. The Balaban J connectivity index is 2.86. The van der Waals surface area contributed by atoms with Crippen molar-refractivity contribution in [3.8, 4) is 0 Å². The van der Waals surface area contributed by atoms with Crippen molar-refractivity contribution in [1.29, 1.82) is 0 Å². The number of hydrogen-bond donors (Lipinski definition) is 0. The van der Waals surface area contributed by atoms with Crippen LogP contribution in [0.2, 0.25) is 0 Å². The van der Waals surface area contributed by atoms with Crippen molar-refractivity contribution < 1.29 is 4.79 Å². The number of amides is 1. The van der Waals surface area contributed by atoms with Crippen LogP contribution in [0.25, 0.3) is 0 Å². The zero-order valence-electron chi connectivity index (χ0n) is 8.05. The fourth-order valence-electron chi connectivity index (χ4n) is 1.11. The van der Waals surface area contributed by atoms with E-state index in [-0.39, 0.29) is 16.6 Å². The van der Waals surface area contributed by atoms with Gasteiger partial charge in [0.05, 0.1) is 10.3 Å². The Morgan fingerprint density at radius 1 is 1.50 bits per heavy atom. The normalized spacial score (nSPS) is 25.3. The van der Waals surface area contributed by atoms with Gasteiger partial charge in [0.25, 0.3) is 0 Å². The van der Waals surface area contributed by atoms with E-state index in [9.17, 15) is 4.79 Å². The molecule has 1 aliphatic rings. The Labute approximate surface area is 78.0 Å². The SMILES string of the molecule is C=C1SC(C(C)(C)C)C(=O)N1C. The molecule has 0 radical (unpaired) electrons. The molecule has 12 heavy (non-hydrogen) atoms. The molecule has 0 bridgehead atoms. The van der Waals surface area contributed by atoms with Crippen molar-refractivity contribution >= 4 is 17.7 Å². The summed E-state index contributed by atoms with van der Waals surface area (Å²) in [4.78, 5) is 13.2. The van der Waals surface area contributed by atoms with Gasteiger partial charge in [-0.15, -0.1) is 0 Å². The minimum Gasteiger partial charge on any atom is -0.309 e. The summed E-state index contributed by atoms with van der Waals surface area (Å²) >= 11 is 1.57. The Morgan fingerprint density at radius 2 is 2.00 bits per heavy atom. The summed E-state index contributed by atoms with van der Waals surface area (Å²) in [6, 6.07) is 0. The van der Waals surface area contributed by atoms with Gasteiger partial charge >= 0.3 is 0 Å². The maximum atomic E-state index is 11.6. The van der Waals surface area contributed by atoms with E-state index in [1.165, 1.54) is 0 Å². The van der Waals surface area contributed by atoms with Crippen molar-refractivity contribution in [2.24, 2.45) is 5.41 Å². The molecule has 1 saturated heterocycles. The minimum absolute atomic E-state index is 0.0233. The van der Waals surface area contributed by atoms with Crippen molar-refractivity contribution in [3.63, 3.8) is 0 Å². The summed E-state index contributed by atoms with van der Waals surface area (Å²) in [6.45, 7) is 10.1. The number of carbonyl (C=O) groups is 1. The van der Waals surface area contributed by atoms with Gasteiger partial charge in [0.15, 0.2) is 0 Å². The van der Waals surface area contributed by atoms with Gasteiger partial charge in [-0.05, 0) is 5.41 Å². The van der Waals surface area contributed by atoms with E-state index in [4.69, 9.17) is 0 Å². The van der Waals surface area contributed by atoms with Crippen LogP contribution in [0.3, 0.4) is 0 Å². The molecule has 0 spiro atoms. The van der Waals surface area contributed by atoms with Crippen LogP contribution >= 0.6 is 11.8 Å². The second kappa shape index (κ2) is 2.80. The molecule has 1 atom stereocenters. The monoisotopic (exact) mass is 185 g/mol. The summed E-state index contributed by atoms with van der Waals surface area (Å²) in [5.74, 6) is 0.178. The molecule has 1 fully saturated rings. The molecule has 0 N–H and O–H groups in total. The molecule has 3 heteroatoms. The standard InChI is InChI=1S/C9H15NOS/c1-6-10(5)8(11)7(12-6)9(2,3)4/h7H,1H2,2-5H3. The summed E-state index contributed by atoms with van der Waals surface area (Å²) in [6.07, 6.45) is 0. The van der Waals surface area contributed by atoms with E-state index < -0.39 is 0 Å². The van der Waals surface area contributed by atoms with E-state index in [2.05, 4.69) is 27.4 Å². The second-order valence-electron chi connectivity index (χ2n) is 4.15. The Hall–Kier alpha value is -0.440. The Bertz CT molecular complexity index is 229. The first-order valence-electron chi connectivity index (χ1n) is 3.97. The topological polar surface area (TPSA) is 20.3 Å². The minimum atomic E-state index is 0.0233. The molecule has 1 unspecified atom stereocenters. The number of rotatable bonds is 0. The number of thioether (sulfide) groups is 1. The van der Waals surface area contributed by atoms with Gasteiger partial charge in [0.2, 0.25) is 5.91 Å². The molecule has 0 aromatic heterocycles. The predicted octanol–water partition coefficient (Wildman–Crippen LogP) is 2.08. The van der Waals surface area contributed by atoms with Gasteiger partial charge < -0.3 is 4.90 Å². The van der Waals surface area contributed by atoms with E-state index in [1.54, 1.807) is 23.7 Å². The molecule has 0 aromatic rings. The van der Waals surface area contributed by atoms with Gasteiger partial charge in [-0.3, -0.25) is 4.79 Å². The third kappa shape index (κ3) is 1.51. The smallest absolute Gasteiger partial charge is 0.241 e. The third-order valence-corrected chi connectivity index (χ3v) is 3.66. The van der Waals surface area contributed by atoms with Crippen LogP contribution in [-0.2, 0) is 4.79 Å². The molecule has 68 valence electrons. The van der Waals surface area contributed by atoms with E-state index in [0.29, 0.717) is 0 Å². The fourth-order valence-corrected chi connectivity index (χ4v) is 2.24. The first-order valence-corrected chi connectivity index (χ1v) is 4.85. The van der Waals surface area contributed by atoms with Gasteiger partial charge in [0, 0.05) is 7.05 Å². The molecule has 0 saturated carbocycles. The highest BCUT2D eigenvalue weighted by molar-refractivity contribution is 8.04. The summed E-state index contributed by atoms with van der Waals surface area (Å²) < 4.78 is 0. The molecule has 2 nitrogen and oxygen atoms in total. The lowest BCUT2D eigenvalue weighted by atomic mass is 9.91. The van der Waals surface area contributed by atoms with Crippen molar-refractivity contribution in [2.75, 3.05) is 7.05 Å². The highest BCUT2D eigenvalue weighted by Gasteiger charge is 2.40. The van der Waals surface area contributed by atoms with Crippen LogP contribution < -0.4 is 0 Å².